The minimum Gasteiger partial charge on any atom is -0.352 e. The van der Waals surface area contributed by atoms with Gasteiger partial charge in [0.1, 0.15) is 29.0 Å². The standard InChI is InChI=1S/C22H18F2N4O3/c1-13-2-4-14(5-3-13)11-25-18(29)6-7-28-12-26-21-19(22(28)30)20(27-31-21)15-8-16(23)10-17(24)9-15/h2-5,8-10,12H,6-7,11H2,1H3,(H,25,29). The van der Waals surface area contributed by atoms with Crippen LogP contribution in [0.25, 0.3) is 22.4 Å². The second-order valence-electron chi connectivity index (χ2n) is 7.12. The van der Waals surface area contributed by atoms with Gasteiger partial charge in [0, 0.05) is 31.1 Å². The van der Waals surface area contributed by atoms with Gasteiger partial charge in [0.05, 0.1) is 0 Å². The molecule has 0 atom stereocenters. The lowest BCUT2D eigenvalue weighted by molar-refractivity contribution is -0.121. The number of benzene rings is 2. The third-order valence-corrected chi connectivity index (χ3v) is 4.79. The molecule has 1 N–H and O–H groups in total. The molecular formula is C22H18F2N4O3. The molecule has 0 spiro atoms. The van der Waals surface area contributed by atoms with Crippen LogP contribution in [0.2, 0.25) is 0 Å². The summed E-state index contributed by atoms with van der Waals surface area (Å²) in [4.78, 5) is 29.1. The number of carbonyl (C=O) groups excluding carboxylic acids is 1. The Morgan fingerprint density at radius 1 is 1.13 bits per heavy atom. The van der Waals surface area contributed by atoms with Crippen LogP contribution in [0.4, 0.5) is 8.78 Å². The fourth-order valence-corrected chi connectivity index (χ4v) is 3.14. The Balaban J connectivity index is 1.51. The molecule has 4 rings (SSSR count). The first-order valence-corrected chi connectivity index (χ1v) is 9.54. The SMILES string of the molecule is Cc1ccc(CNC(=O)CCn2cnc3onc(-c4cc(F)cc(F)c4)c3c2=O)cc1. The Hall–Kier alpha value is -3.88. The first-order chi connectivity index (χ1) is 14.9. The summed E-state index contributed by atoms with van der Waals surface area (Å²) in [5.74, 6) is -1.84. The molecule has 0 aliphatic heterocycles. The molecule has 0 radical (unpaired) electrons. The van der Waals surface area contributed by atoms with Gasteiger partial charge in [-0.1, -0.05) is 35.0 Å². The lowest BCUT2D eigenvalue weighted by atomic mass is 10.1. The minimum absolute atomic E-state index is 0.00689. The topological polar surface area (TPSA) is 90.0 Å². The van der Waals surface area contributed by atoms with E-state index in [4.69, 9.17) is 4.52 Å². The molecule has 158 valence electrons. The summed E-state index contributed by atoms with van der Waals surface area (Å²) < 4.78 is 33.4. The molecule has 0 fully saturated rings. The zero-order chi connectivity index (χ0) is 22.0. The van der Waals surface area contributed by atoms with Crippen molar-refractivity contribution in [2.24, 2.45) is 0 Å². The molecule has 2 aromatic heterocycles. The van der Waals surface area contributed by atoms with E-state index in [1.165, 1.54) is 10.9 Å². The highest BCUT2D eigenvalue weighted by Gasteiger charge is 2.18. The molecule has 2 aromatic carbocycles. The first-order valence-electron chi connectivity index (χ1n) is 9.54. The third kappa shape index (κ3) is 4.50. The maximum absolute atomic E-state index is 13.6. The highest BCUT2D eigenvalue weighted by Crippen LogP contribution is 2.25. The molecule has 0 aliphatic rings. The summed E-state index contributed by atoms with van der Waals surface area (Å²) in [6.45, 7) is 2.44. The highest BCUT2D eigenvalue weighted by molar-refractivity contribution is 5.88. The van der Waals surface area contributed by atoms with E-state index in [9.17, 15) is 18.4 Å². The number of carbonyl (C=O) groups is 1. The first kappa shape index (κ1) is 20.4. The molecule has 2 heterocycles. The van der Waals surface area contributed by atoms with Gasteiger partial charge in [-0.25, -0.2) is 13.8 Å². The number of hydrogen-bond donors (Lipinski definition) is 1. The van der Waals surface area contributed by atoms with Crippen molar-refractivity contribution in [2.75, 3.05) is 0 Å². The second-order valence-corrected chi connectivity index (χ2v) is 7.12. The van der Waals surface area contributed by atoms with Crippen LogP contribution in [0, 0.1) is 18.6 Å². The molecule has 0 aliphatic carbocycles. The van der Waals surface area contributed by atoms with Crippen molar-refractivity contribution in [2.45, 2.75) is 26.4 Å². The van der Waals surface area contributed by atoms with E-state index >= 15 is 0 Å². The Bertz CT molecular complexity index is 1290. The van der Waals surface area contributed by atoms with E-state index < -0.39 is 17.2 Å². The van der Waals surface area contributed by atoms with E-state index in [0.29, 0.717) is 6.54 Å². The van der Waals surface area contributed by atoms with Gasteiger partial charge in [-0.3, -0.25) is 14.2 Å². The number of aromatic nitrogens is 3. The number of aryl methyl sites for hydroxylation is 2. The van der Waals surface area contributed by atoms with Crippen molar-refractivity contribution in [3.8, 4) is 11.3 Å². The Kier molecular flexibility index (Phi) is 5.57. The number of halogens is 2. The smallest absolute Gasteiger partial charge is 0.266 e. The van der Waals surface area contributed by atoms with E-state index in [2.05, 4.69) is 15.5 Å². The zero-order valence-electron chi connectivity index (χ0n) is 16.6. The van der Waals surface area contributed by atoms with Crippen LogP contribution >= 0.6 is 0 Å². The molecule has 31 heavy (non-hydrogen) atoms. The molecule has 0 unspecified atom stereocenters. The Morgan fingerprint density at radius 3 is 2.55 bits per heavy atom. The molecule has 7 nitrogen and oxygen atoms in total. The number of amides is 1. The lowest BCUT2D eigenvalue weighted by Gasteiger charge is -2.07. The third-order valence-electron chi connectivity index (χ3n) is 4.79. The highest BCUT2D eigenvalue weighted by atomic mass is 19.1. The van der Waals surface area contributed by atoms with E-state index in [0.717, 1.165) is 29.3 Å². The maximum atomic E-state index is 13.6. The van der Waals surface area contributed by atoms with E-state index in [-0.39, 0.29) is 41.2 Å². The fourth-order valence-electron chi connectivity index (χ4n) is 3.14. The Morgan fingerprint density at radius 2 is 1.84 bits per heavy atom. The molecule has 0 saturated carbocycles. The van der Waals surface area contributed by atoms with Gasteiger partial charge in [0.25, 0.3) is 11.3 Å². The summed E-state index contributed by atoms with van der Waals surface area (Å²) in [6.07, 6.45) is 1.30. The maximum Gasteiger partial charge on any atom is 0.266 e. The normalized spacial score (nSPS) is 11.1. The molecule has 4 aromatic rings. The summed E-state index contributed by atoms with van der Waals surface area (Å²) in [7, 11) is 0. The van der Waals surface area contributed by atoms with Crippen LogP contribution in [-0.2, 0) is 17.9 Å². The molecular weight excluding hydrogens is 406 g/mol. The average Bonchev–Trinajstić information content (AvgIpc) is 3.17. The van der Waals surface area contributed by atoms with Crippen LogP contribution in [0.5, 0.6) is 0 Å². The quantitative estimate of drug-likeness (QED) is 0.513. The molecule has 0 bridgehead atoms. The number of nitrogens with one attached hydrogen (secondary N) is 1. The zero-order valence-corrected chi connectivity index (χ0v) is 16.6. The van der Waals surface area contributed by atoms with Crippen LogP contribution in [0.1, 0.15) is 17.5 Å². The monoisotopic (exact) mass is 424 g/mol. The van der Waals surface area contributed by atoms with Crippen molar-refractivity contribution in [1.82, 2.24) is 20.0 Å². The van der Waals surface area contributed by atoms with Crippen molar-refractivity contribution >= 4 is 17.0 Å². The van der Waals surface area contributed by atoms with Crippen LogP contribution in [-0.4, -0.2) is 20.6 Å². The molecule has 0 saturated heterocycles. The van der Waals surface area contributed by atoms with Crippen LogP contribution in [0.3, 0.4) is 0 Å². The average molecular weight is 424 g/mol. The predicted molar refractivity (Wildman–Crippen MR) is 109 cm³/mol. The van der Waals surface area contributed by atoms with Crippen molar-refractivity contribution in [1.29, 1.82) is 0 Å². The molecule has 1 amide bonds. The summed E-state index contributed by atoms with van der Waals surface area (Å²) in [6, 6.07) is 10.6. The van der Waals surface area contributed by atoms with Crippen molar-refractivity contribution in [3.63, 3.8) is 0 Å². The van der Waals surface area contributed by atoms with Crippen LogP contribution < -0.4 is 10.9 Å². The minimum atomic E-state index is -0.805. The number of nitrogens with zero attached hydrogens (tertiary/aromatic N) is 3. The number of fused-ring (bicyclic) bond motifs is 1. The number of hydrogen-bond acceptors (Lipinski definition) is 5. The Labute approximate surface area is 175 Å². The predicted octanol–water partition coefficient (Wildman–Crippen LogP) is 3.34. The van der Waals surface area contributed by atoms with Crippen molar-refractivity contribution in [3.05, 3.63) is 81.9 Å². The summed E-state index contributed by atoms with van der Waals surface area (Å²) >= 11 is 0. The fraction of sp³-hybridized carbons (Fsp3) is 0.182. The largest absolute Gasteiger partial charge is 0.352 e. The van der Waals surface area contributed by atoms with E-state index in [1.54, 1.807) is 0 Å². The number of rotatable bonds is 6. The summed E-state index contributed by atoms with van der Waals surface area (Å²) in [5.41, 5.74) is 1.58. The van der Waals surface area contributed by atoms with Crippen LogP contribution in [0.15, 0.2) is 58.1 Å². The van der Waals surface area contributed by atoms with Gasteiger partial charge < -0.3 is 9.84 Å². The second kappa shape index (κ2) is 8.47. The van der Waals surface area contributed by atoms with E-state index in [1.807, 2.05) is 31.2 Å². The van der Waals surface area contributed by atoms with Gasteiger partial charge in [0.2, 0.25) is 5.91 Å². The van der Waals surface area contributed by atoms with Crippen molar-refractivity contribution < 1.29 is 18.1 Å². The van der Waals surface area contributed by atoms with Gasteiger partial charge in [-0.15, -0.1) is 0 Å². The van der Waals surface area contributed by atoms with Gasteiger partial charge in [-0.05, 0) is 24.6 Å². The van der Waals surface area contributed by atoms with Gasteiger partial charge in [-0.2, -0.15) is 0 Å². The molecule has 9 heteroatoms. The van der Waals surface area contributed by atoms with Gasteiger partial charge in [0.15, 0.2) is 0 Å². The lowest BCUT2D eigenvalue weighted by Crippen LogP contribution is -2.27. The summed E-state index contributed by atoms with van der Waals surface area (Å²) in [5, 5.41) is 6.54. The van der Waals surface area contributed by atoms with Gasteiger partial charge >= 0.3 is 0 Å².